The van der Waals surface area contributed by atoms with Gasteiger partial charge < -0.3 is 9.80 Å². The second kappa shape index (κ2) is 5.12. The molecule has 2 aromatic rings. The van der Waals surface area contributed by atoms with E-state index in [4.69, 9.17) is 0 Å². The summed E-state index contributed by atoms with van der Waals surface area (Å²) < 4.78 is 1.69. The van der Waals surface area contributed by atoms with Gasteiger partial charge in [0.25, 0.3) is 5.91 Å². The first-order valence-corrected chi connectivity index (χ1v) is 7.79. The number of aromatic nitrogens is 3. The van der Waals surface area contributed by atoms with E-state index < -0.39 is 0 Å². The van der Waals surface area contributed by atoms with Crippen LogP contribution in [0.4, 0.5) is 5.69 Å². The molecule has 2 bridgehead atoms. The lowest BCUT2D eigenvalue weighted by Crippen LogP contribution is -2.49. The molecule has 2 aliphatic heterocycles. The number of carbonyl (C=O) groups is 1. The number of hydrogen-bond donors (Lipinski definition) is 0. The minimum absolute atomic E-state index is 0.0138. The number of nitrogens with zero attached hydrogens (tertiary/aromatic N) is 5. The topological polar surface area (TPSA) is 54.3 Å². The number of anilines is 1. The largest absolute Gasteiger partial charge is 0.365 e. The molecule has 1 aromatic heterocycles. The van der Waals surface area contributed by atoms with Gasteiger partial charge in [0, 0.05) is 31.4 Å². The molecule has 1 amide bonds. The van der Waals surface area contributed by atoms with Gasteiger partial charge >= 0.3 is 0 Å². The Morgan fingerprint density at radius 2 is 2.05 bits per heavy atom. The molecule has 4 rings (SSSR count). The molecule has 0 unspecified atom stereocenters. The standard InChI is InChI=1S/C16H19N5O/c1-2-19-11-15(17-18-19)16(22)21-10-13-8-14(21)9-20(13)12-6-4-3-5-7-12/h3-7,11,13-14H,2,8-10H2,1H3/t13-,14-/m0/s1. The van der Waals surface area contributed by atoms with Gasteiger partial charge in [-0.15, -0.1) is 5.10 Å². The summed E-state index contributed by atoms with van der Waals surface area (Å²) in [6.07, 6.45) is 2.78. The maximum atomic E-state index is 12.6. The molecule has 0 radical (unpaired) electrons. The Morgan fingerprint density at radius 3 is 2.68 bits per heavy atom. The highest BCUT2D eigenvalue weighted by Crippen LogP contribution is 2.34. The summed E-state index contributed by atoms with van der Waals surface area (Å²) in [5.41, 5.74) is 1.71. The molecule has 0 saturated carbocycles. The molecule has 114 valence electrons. The highest BCUT2D eigenvalue weighted by Gasteiger charge is 2.45. The summed E-state index contributed by atoms with van der Waals surface area (Å²) in [4.78, 5) is 17.0. The first-order chi connectivity index (χ1) is 10.8. The van der Waals surface area contributed by atoms with Crippen molar-refractivity contribution in [2.75, 3.05) is 18.0 Å². The van der Waals surface area contributed by atoms with E-state index in [1.54, 1.807) is 10.9 Å². The van der Waals surface area contributed by atoms with Crippen molar-refractivity contribution in [1.82, 2.24) is 19.9 Å². The van der Waals surface area contributed by atoms with Gasteiger partial charge in [-0.1, -0.05) is 23.4 Å². The van der Waals surface area contributed by atoms with Crippen molar-refractivity contribution in [2.24, 2.45) is 0 Å². The smallest absolute Gasteiger partial charge is 0.276 e. The highest BCUT2D eigenvalue weighted by atomic mass is 16.2. The summed E-state index contributed by atoms with van der Waals surface area (Å²) in [5.74, 6) is 0.0138. The van der Waals surface area contributed by atoms with E-state index >= 15 is 0 Å². The third kappa shape index (κ3) is 2.06. The summed E-state index contributed by atoms with van der Waals surface area (Å²) in [6, 6.07) is 11.1. The lowest BCUT2D eigenvalue weighted by molar-refractivity contribution is 0.0719. The fourth-order valence-corrected chi connectivity index (χ4v) is 3.55. The van der Waals surface area contributed by atoms with Gasteiger partial charge in [-0.05, 0) is 25.5 Å². The number of likely N-dealkylation sites (tertiary alicyclic amines) is 1. The van der Waals surface area contributed by atoms with E-state index in [1.165, 1.54) is 5.69 Å². The number of para-hydroxylation sites is 1. The second-order valence-electron chi connectivity index (χ2n) is 5.95. The summed E-state index contributed by atoms with van der Waals surface area (Å²) in [7, 11) is 0. The van der Waals surface area contributed by atoms with Gasteiger partial charge in [0.05, 0.1) is 12.2 Å². The molecule has 0 spiro atoms. The zero-order chi connectivity index (χ0) is 15.1. The number of piperazine rings is 1. The quantitative estimate of drug-likeness (QED) is 0.859. The van der Waals surface area contributed by atoms with Crippen LogP contribution in [0.5, 0.6) is 0 Å². The van der Waals surface area contributed by atoms with Gasteiger partial charge in [0.15, 0.2) is 5.69 Å². The predicted molar refractivity (Wildman–Crippen MR) is 82.7 cm³/mol. The molecule has 22 heavy (non-hydrogen) atoms. The second-order valence-corrected chi connectivity index (χ2v) is 5.95. The van der Waals surface area contributed by atoms with Crippen molar-refractivity contribution in [3.63, 3.8) is 0 Å². The van der Waals surface area contributed by atoms with Crippen molar-refractivity contribution >= 4 is 11.6 Å². The molecule has 1 aromatic carbocycles. The zero-order valence-corrected chi connectivity index (χ0v) is 12.6. The number of fused-ring (bicyclic) bond motifs is 2. The third-order valence-corrected chi connectivity index (χ3v) is 4.67. The van der Waals surface area contributed by atoms with E-state index in [9.17, 15) is 4.79 Å². The number of carbonyl (C=O) groups excluding carboxylic acids is 1. The van der Waals surface area contributed by atoms with Crippen LogP contribution in [-0.4, -0.2) is 51.0 Å². The SMILES string of the molecule is CCn1cc(C(=O)N2C[C@@H]3C[C@H]2CN3c2ccccc2)nn1. The Labute approximate surface area is 129 Å². The Kier molecular flexibility index (Phi) is 3.10. The average molecular weight is 297 g/mol. The molecule has 3 heterocycles. The van der Waals surface area contributed by atoms with Crippen LogP contribution in [-0.2, 0) is 6.54 Å². The fourth-order valence-electron chi connectivity index (χ4n) is 3.55. The van der Waals surface area contributed by atoms with Crippen LogP contribution in [0.2, 0.25) is 0 Å². The molecule has 6 nitrogen and oxygen atoms in total. The molecule has 2 atom stereocenters. The lowest BCUT2D eigenvalue weighted by Gasteiger charge is -2.35. The molecule has 0 N–H and O–H groups in total. The number of rotatable bonds is 3. The van der Waals surface area contributed by atoms with E-state index in [0.29, 0.717) is 11.7 Å². The Morgan fingerprint density at radius 1 is 1.23 bits per heavy atom. The lowest BCUT2D eigenvalue weighted by atomic mass is 10.2. The van der Waals surface area contributed by atoms with Crippen LogP contribution in [0.3, 0.4) is 0 Å². The van der Waals surface area contributed by atoms with E-state index in [-0.39, 0.29) is 11.9 Å². The van der Waals surface area contributed by atoms with Crippen molar-refractivity contribution < 1.29 is 4.79 Å². The van der Waals surface area contributed by atoms with Crippen LogP contribution >= 0.6 is 0 Å². The van der Waals surface area contributed by atoms with Crippen molar-refractivity contribution in [3.8, 4) is 0 Å². The van der Waals surface area contributed by atoms with Gasteiger partial charge in [-0.2, -0.15) is 0 Å². The Balaban J connectivity index is 1.49. The Hall–Kier alpha value is -2.37. The van der Waals surface area contributed by atoms with Gasteiger partial charge in [0.2, 0.25) is 0 Å². The van der Waals surface area contributed by atoms with E-state index in [1.807, 2.05) is 17.9 Å². The van der Waals surface area contributed by atoms with Crippen LogP contribution in [0, 0.1) is 0 Å². The van der Waals surface area contributed by atoms with E-state index in [0.717, 1.165) is 26.1 Å². The predicted octanol–water partition coefficient (Wildman–Crippen LogP) is 1.40. The maximum Gasteiger partial charge on any atom is 0.276 e. The fraction of sp³-hybridized carbons (Fsp3) is 0.438. The number of aryl methyl sites for hydroxylation is 1. The summed E-state index contributed by atoms with van der Waals surface area (Å²) in [5, 5.41) is 7.96. The summed E-state index contributed by atoms with van der Waals surface area (Å²) in [6.45, 7) is 4.40. The van der Waals surface area contributed by atoms with Crippen molar-refractivity contribution in [3.05, 3.63) is 42.2 Å². The third-order valence-electron chi connectivity index (χ3n) is 4.67. The van der Waals surface area contributed by atoms with Crippen LogP contribution in [0.25, 0.3) is 0 Å². The van der Waals surface area contributed by atoms with Gasteiger partial charge in [-0.3, -0.25) is 9.48 Å². The van der Waals surface area contributed by atoms with Crippen LogP contribution in [0.1, 0.15) is 23.8 Å². The molecule has 2 aliphatic rings. The Bertz CT molecular complexity index is 683. The first kappa shape index (κ1) is 13.3. The molecular weight excluding hydrogens is 278 g/mol. The van der Waals surface area contributed by atoms with Crippen LogP contribution in [0.15, 0.2) is 36.5 Å². The van der Waals surface area contributed by atoms with E-state index in [2.05, 4.69) is 39.5 Å². The average Bonchev–Trinajstić information content (AvgIpc) is 3.29. The molecule has 2 saturated heterocycles. The molecule has 2 fully saturated rings. The van der Waals surface area contributed by atoms with Gasteiger partial charge in [-0.25, -0.2) is 0 Å². The molecule has 0 aliphatic carbocycles. The normalized spacial score (nSPS) is 23.3. The highest BCUT2D eigenvalue weighted by molar-refractivity contribution is 5.92. The number of benzene rings is 1. The monoisotopic (exact) mass is 297 g/mol. The molecular formula is C16H19N5O. The van der Waals surface area contributed by atoms with Crippen LogP contribution < -0.4 is 4.90 Å². The van der Waals surface area contributed by atoms with Crippen molar-refractivity contribution in [2.45, 2.75) is 32.0 Å². The first-order valence-electron chi connectivity index (χ1n) is 7.79. The zero-order valence-electron chi connectivity index (χ0n) is 12.6. The summed E-state index contributed by atoms with van der Waals surface area (Å²) >= 11 is 0. The number of amides is 1. The van der Waals surface area contributed by atoms with Crippen molar-refractivity contribution in [1.29, 1.82) is 0 Å². The molecule has 6 heteroatoms. The maximum absolute atomic E-state index is 12.6. The van der Waals surface area contributed by atoms with Gasteiger partial charge in [0.1, 0.15) is 0 Å². The minimum atomic E-state index is 0.0138. The minimum Gasteiger partial charge on any atom is -0.365 e. The number of hydrogen-bond acceptors (Lipinski definition) is 4.